The van der Waals surface area contributed by atoms with Gasteiger partial charge in [0.1, 0.15) is 18.3 Å². The molecule has 4 fully saturated rings. The molecule has 3 saturated heterocycles. The van der Waals surface area contributed by atoms with Crippen LogP contribution >= 0.6 is 0 Å². The first-order valence-electron chi connectivity index (χ1n) is 18.6. The van der Waals surface area contributed by atoms with E-state index in [2.05, 4.69) is 91.8 Å². The van der Waals surface area contributed by atoms with E-state index in [1.165, 1.54) is 29.5 Å². The van der Waals surface area contributed by atoms with Crippen LogP contribution in [0.5, 0.6) is 0 Å². The fraction of sp³-hybridized carbons (Fsp3) is 0.737. The molecule has 1 aromatic heterocycles. The van der Waals surface area contributed by atoms with Gasteiger partial charge < -0.3 is 9.64 Å². The van der Waals surface area contributed by atoms with Gasteiger partial charge in [-0.05, 0) is 85.8 Å². The molecule has 0 amide bonds. The molecule has 2 aromatic rings. The minimum Gasteiger partial charge on any atom is -0.369 e. The van der Waals surface area contributed by atoms with Gasteiger partial charge in [0.25, 0.3) is 0 Å². The Morgan fingerprint density at radius 2 is 1.69 bits per heavy atom. The topological polar surface area (TPSA) is 112 Å². The van der Waals surface area contributed by atoms with Crippen molar-refractivity contribution in [3.05, 3.63) is 53.1 Å². The standard InChI is InChI=1S/C38H61N7O3S/c1-26-10-8-11-27(2)35(26)32-19-34-42-36(41-32)43-49(46,47)31-13-9-12-28(18-31)23-45(29(25-48-34)20-37(3,4)5)24-33-39-21-30(22-40-33)44-16-14-38(6,7)15-17-44/h8,10-11,21-22,28-29,31-32,34,36,41-43H,9,12-20,23-25H2,1-7H3/t28?,29-,31?,32?,34?,36?/m1/s1. The van der Waals surface area contributed by atoms with E-state index in [1.807, 2.05) is 12.4 Å². The van der Waals surface area contributed by atoms with Crippen molar-refractivity contribution in [2.24, 2.45) is 16.7 Å². The van der Waals surface area contributed by atoms with Gasteiger partial charge in [0.15, 0.2) is 0 Å². The first-order valence-corrected chi connectivity index (χ1v) is 20.2. The maximum absolute atomic E-state index is 13.9. The molecule has 5 unspecified atom stereocenters. The number of hydrogen-bond donors (Lipinski definition) is 3. The Morgan fingerprint density at radius 1 is 1.00 bits per heavy atom. The smallest absolute Gasteiger partial charge is 0.216 e. The van der Waals surface area contributed by atoms with Crippen LogP contribution in [0.2, 0.25) is 0 Å². The molecule has 11 heteroatoms. The summed E-state index contributed by atoms with van der Waals surface area (Å²) in [5.74, 6) is 1.07. The molecule has 6 atom stereocenters. The zero-order chi connectivity index (χ0) is 35.0. The van der Waals surface area contributed by atoms with Gasteiger partial charge in [-0.2, -0.15) is 4.72 Å². The summed E-state index contributed by atoms with van der Waals surface area (Å²) in [6.45, 7) is 19.8. The zero-order valence-corrected chi connectivity index (χ0v) is 31.8. The fourth-order valence-electron chi connectivity index (χ4n) is 8.54. The number of rotatable bonds is 5. The molecule has 0 spiro atoms. The quantitative estimate of drug-likeness (QED) is 0.359. The Labute approximate surface area is 295 Å². The summed E-state index contributed by atoms with van der Waals surface area (Å²) >= 11 is 0. The van der Waals surface area contributed by atoms with Crippen LogP contribution in [0.3, 0.4) is 0 Å². The number of nitrogens with one attached hydrogen (secondary N) is 3. The van der Waals surface area contributed by atoms with Crippen LogP contribution in [-0.2, 0) is 21.3 Å². The van der Waals surface area contributed by atoms with E-state index in [4.69, 9.17) is 14.7 Å². The number of anilines is 1. The fourth-order valence-corrected chi connectivity index (χ4v) is 10.2. The van der Waals surface area contributed by atoms with Crippen molar-refractivity contribution < 1.29 is 13.2 Å². The Hall–Kier alpha value is -2.15. The van der Waals surface area contributed by atoms with E-state index < -0.39 is 21.6 Å². The highest BCUT2D eigenvalue weighted by Crippen LogP contribution is 2.35. The minimum atomic E-state index is -3.59. The molecule has 49 heavy (non-hydrogen) atoms. The number of aryl methyl sites for hydroxylation is 2. The van der Waals surface area contributed by atoms with Crippen molar-refractivity contribution in [1.29, 1.82) is 0 Å². The SMILES string of the molecule is Cc1cccc(C)c1C1CC2NC(N1)NS(=O)(=O)C1CCCC(C1)CN(Cc1ncc(N3CCC(C)(C)CC3)cn1)[C@H](CC(C)(C)C)CO2. The Balaban J connectivity index is 1.28. The van der Waals surface area contributed by atoms with Gasteiger partial charge in [0.2, 0.25) is 10.0 Å². The number of ether oxygens (including phenoxy) is 1. The maximum atomic E-state index is 13.9. The molecule has 1 saturated carbocycles. The lowest BCUT2D eigenvalue weighted by Crippen LogP contribution is -2.64. The van der Waals surface area contributed by atoms with E-state index >= 15 is 0 Å². The van der Waals surface area contributed by atoms with Gasteiger partial charge >= 0.3 is 0 Å². The molecule has 10 nitrogen and oxygen atoms in total. The number of fused-ring (bicyclic) bond motifs is 4. The highest BCUT2D eigenvalue weighted by Gasteiger charge is 2.39. The molecule has 4 bridgehead atoms. The second kappa shape index (κ2) is 14.8. The third-order valence-electron chi connectivity index (χ3n) is 11.4. The summed E-state index contributed by atoms with van der Waals surface area (Å²) in [6, 6.07) is 6.40. The summed E-state index contributed by atoms with van der Waals surface area (Å²) < 4.78 is 37.7. The average Bonchev–Trinajstić information content (AvgIpc) is 3.02. The van der Waals surface area contributed by atoms with E-state index in [1.54, 1.807) is 0 Å². The first kappa shape index (κ1) is 36.6. The molecule has 6 rings (SSSR count). The Kier molecular flexibility index (Phi) is 11.1. The monoisotopic (exact) mass is 695 g/mol. The van der Waals surface area contributed by atoms with Gasteiger partial charge in [0, 0.05) is 38.1 Å². The molecule has 3 N–H and O–H groups in total. The Morgan fingerprint density at radius 3 is 2.37 bits per heavy atom. The normalized spacial score (nSPS) is 31.3. The number of piperidine rings is 1. The van der Waals surface area contributed by atoms with Gasteiger partial charge in [0.05, 0.1) is 36.5 Å². The second-order valence-corrected chi connectivity index (χ2v) is 19.3. The predicted octanol–water partition coefficient (Wildman–Crippen LogP) is 5.77. The number of benzene rings is 1. The van der Waals surface area contributed by atoms with Gasteiger partial charge in [-0.1, -0.05) is 59.2 Å². The highest BCUT2D eigenvalue weighted by atomic mass is 32.2. The average molecular weight is 696 g/mol. The highest BCUT2D eigenvalue weighted by molar-refractivity contribution is 7.90. The van der Waals surface area contributed by atoms with Gasteiger partial charge in [-0.25, -0.2) is 18.4 Å². The maximum Gasteiger partial charge on any atom is 0.216 e. The molecular weight excluding hydrogens is 635 g/mol. The lowest BCUT2D eigenvalue weighted by Gasteiger charge is -2.41. The molecular formula is C38H61N7O3S. The van der Waals surface area contributed by atoms with Crippen LogP contribution in [0, 0.1) is 30.6 Å². The van der Waals surface area contributed by atoms with E-state index in [-0.39, 0.29) is 29.6 Å². The molecule has 272 valence electrons. The lowest BCUT2D eigenvalue weighted by molar-refractivity contribution is -0.0518. The van der Waals surface area contributed by atoms with Crippen LogP contribution in [0.1, 0.15) is 115 Å². The molecule has 3 aliphatic heterocycles. The largest absolute Gasteiger partial charge is 0.369 e. The van der Waals surface area contributed by atoms with Crippen molar-refractivity contribution in [3.63, 3.8) is 0 Å². The molecule has 1 aliphatic carbocycles. The first-order chi connectivity index (χ1) is 23.1. The summed E-state index contributed by atoms with van der Waals surface area (Å²) in [4.78, 5) is 14.7. The second-order valence-electron chi connectivity index (χ2n) is 17.4. The van der Waals surface area contributed by atoms with Crippen molar-refractivity contribution >= 4 is 15.7 Å². The van der Waals surface area contributed by atoms with Gasteiger partial charge in [-0.15, -0.1) is 0 Å². The van der Waals surface area contributed by atoms with Crippen LogP contribution in [0.15, 0.2) is 30.6 Å². The third-order valence-corrected chi connectivity index (χ3v) is 13.3. The molecule has 4 heterocycles. The minimum absolute atomic E-state index is 0.0561. The van der Waals surface area contributed by atoms with Crippen LogP contribution in [0.4, 0.5) is 5.69 Å². The molecule has 4 aliphatic rings. The number of sulfonamides is 1. The van der Waals surface area contributed by atoms with Gasteiger partial charge in [-0.3, -0.25) is 15.5 Å². The number of nitrogens with zero attached hydrogens (tertiary/aromatic N) is 4. The summed E-state index contributed by atoms with van der Waals surface area (Å²) in [5.41, 5.74) is 5.15. The number of hydrogen-bond acceptors (Lipinski definition) is 9. The lowest BCUT2D eigenvalue weighted by atomic mass is 9.82. The predicted molar refractivity (Wildman–Crippen MR) is 196 cm³/mol. The summed E-state index contributed by atoms with van der Waals surface area (Å²) in [6.07, 6.45) is 10.3. The molecule has 1 aromatic carbocycles. The third kappa shape index (κ3) is 9.40. The van der Waals surface area contributed by atoms with Crippen molar-refractivity contribution in [1.82, 2.24) is 30.2 Å². The van der Waals surface area contributed by atoms with Crippen LogP contribution in [0.25, 0.3) is 0 Å². The van der Waals surface area contributed by atoms with Crippen molar-refractivity contribution in [3.8, 4) is 0 Å². The van der Waals surface area contributed by atoms with E-state index in [0.717, 1.165) is 50.4 Å². The van der Waals surface area contributed by atoms with E-state index in [0.29, 0.717) is 37.8 Å². The summed E-state index contributed by atoms with van der Waals surface area (Å²) in [5, 5.41) is 6.64. The molecule has 0 radical (unpaired) electrons. The Bertz CT molecular complexity index is 1500. The van der Waals surface area contributed by atoms with Crippen LogP contribution < -0.4 is 20.3 Å². The zero-order valence-electron chi connectivity index (χ0n) is 31.0. The van der Waals surface area contributed by atoms with E-state index in [9.17, 15) is 8.42 Å². The van der Waals surface area contributed by atoms with Crippen molar-refractivity contribution in [2.75, 3.05) is 31.1 Å². The van der Waals surface area contributed by atoms with Crippen molar-refractivity contribution in [2.45, 2.75) is 136 Å². The number of aromatic nitrogens is 2. The summed E-state index contributed by atoms with van der Waals surface area (Å²) in [7, 11) is -3.59. The van der Waals surface area contributed by atoms with Crippen LogP contribution in [-0.4, -0.2) is 73.3 Å².